The smallest absolute Gasteiger partial charge is 0.125 e. The van der Waals surface area contributed by atoms with E-state index in [0.29, 0.717) is 24.2 Å². The van der Waals surface area contributed by atoms with Gasteiger partial charge in [0.1, 0.15) is 18.2 Å². The lowest BCUT2D eigenvalue weighted by Crippen LogP contribution is -2.16. The molecule has 3 rings (SSSR count). The summed E-state index contributed by atoms with van der Waals surface area (Å²) in [6.07, 6.45) is 2.45. The van der Waals surface area contributed by atoms with Gasteiger partial charge in [0.15, 0.2) is 0 Å². The summed E-state index contributed by atoms with van der Waals surface area (Å²) in [5.74, 6) is 0.498. The van der Waals surface area contributed by atoms with Crippen molar-refractivity contribution in [3.63, 3.8) is 0 Å². The van der Waals surface area contributed by atoms with Gasteiger partial charge in [0.25, 0.3) is 0 Å². The van der Waals surface area contributed by atoms with Crippen LogP contribution >= 0.6 is 11.6 Å². The Morgan fingerprint density at radius 2 is 2.00 bits per heavy atom. The van der Waals surface area contributed by atoms with E-state index in [4.69, 9.17) is 16.3 Å². The lowest BCUT2D eigenvalue weighted by Gasteiger charge is -2.13. The Balaban J connectivity index is 1.70. The van der Waals surface area contributed by atoms with Crippen LogP contribution in [0.1, 0.15) is 24.0 Å². The molecule has 2 nitrogen and oxygen atoms in total. The van der Waals surface area contributed by atoms with Crippen molar-refractivity contribution < 1.29 is 9.13 Å². The number of ether oxygens (including phenoxy) is 1. The molecular weight excluding hydrogens is 289 g/mol. The van der Waals surface area contributed by atoms with E-state index in [1.807, 2.05) is 24.3 Å². The molecule has 1 saturated carbocycles. The van der Waals surface area contributed by atoms with Gasteiger partial charge in [-0.05, 0) is 42.7 Å². The first kappa shape index (κ1) is 14.4. The molecular formula is C17H17ClFNO. The van der Waals surface area contributed by atoms with E-state index in [1.165, 1.54) is 25.0 Å². The van der Waals surface area contributed by atoms with Gasteiger partial charge in [0, 0.05) is 23.2 Å². The highest BCUT2D eigenvalue weighted by Crippen LogP contribution is 2.28. The molecule has 0 saturated heterocycles. The number of hydrogen-bond acceptors (Lipinski definition) is 2. The van der Waals surface area contributed by atoms with Gasteiger partial charge in [-0.2, -0.15) is 0 Å². The summed E-state index contributed by atoms with van der Waals surface area (Å²) in [6.45, 7) is 1.03. The van der Waals surface area contributed by atoms with Gasteiger partial charge in [0.2, 0.25) is 0 Å². The molecule has 0 spiro atoms. The molecule has 1 aliphatic rings. The zero-order chi connectivity index (χ0) is 14.7. The van der Waals surface area contributed by atoms with Crippen LogP contribution in [0.5, 0.6) is 5.75 Å². The van der Waals surface area contributed by atoms with Gasteiger partial charge in [0.05, 0.1) is 0 Å². The van der Waals surface area contributed by atoms with Crippen LogP contribution in [0.4, 0.5) is 4.39 Å². The first-order valence-electron chi connectivity index (χ1n) is 7.10. The first-order valence-corrected chi connectivity index (χ1v) is 7.48. The molecule has 0 aliphatic heterocycles. The Hall–Kier alpha value is -1.58. The maximum absolute atomic E-state index is 13.2. The highest BCUT2D eigenvalue weighted by atomic mass is 35.5. The maximum atomic E-state index is 13.2. The Bertz CT molecular complexity index is 628. The van der Waals surface area contributed by atoms with Gasteiger partial charge < -0.3 is 10.1 Å². The monoisotopic (exact) mass is 305 g/mol. The van der Waals surface area contributed by atoms with E-state index in [0.717, 1.165) is 16.9 Å². The minimum Gasteiger partial charge on any atom is -0.489 e. The lowest BCUT2D eigenvalue weighted by molar-refractivity contribution is 0.301. The molecule has 0 radical (unpaired) electrons. The largest absolute Gasteiger partial charge is 0.489 e. The predicted octanol–water partition coefficient (Wildman–Crippen LogP) is 4.31. The molecule has 0 amide bonds. The van der Waals surface area contributed by atoms with Crippen LogP contribution < -0.4 is 10.1 Å². The fourth-order valence-electron chi connectivity index (χ4n) is 2.17. The molecule has 0 aromatic heterocycles. The molecule has 0 atom stereocenters. The number of nitrogens with one attached hydrogen (secondary N) is 1. The topological polar surface area (TPSA) is 21.3 Å². The van der Waals surface area contributed by atoms with Crippen LogP contribution in [0, 0.1) is 5.82 Å². The minimum absolute atomic E-state index is 0.252. The summed E-state index contributed by atoms with van der Waals surface area (Å²) in [5.41, 5.74) is 1.76. The molecule has 1 N–H and O–H groups in total. The van der Waals surface area contributed by atoms with Crippen LogP contribution in [0.3, 0.4) is 0 Å². The zero-order valence-electron chi connectivity index (χ0n) is 11.6. The summed E-state index contributed by atoms with van der Waals surface area (Å²) < 4.78 is 19.0. The summed E-state index contributed by atoms with van der Waals surface area (Å²) in [5, 5.41) is 4.13. The van der Waals surface area contributed by atoms with Crippen LogP contribution in [-0.4, -0.2) is 6.04 Å². The molecule has 1 fully saturated rings. The van der Waals surface area contributed by atoms with Crippen molar-refractivity contribution in [2.45, 2.75) is 32.0 Å². The van der Waals surface area contributed by atoms with Gasteiger partial charge in [-0.15, -0.1) is 0 Å². The molecule has 2 aromatic rings. The third-order valence-electron chi connectivity index (χ3n) is 3.50. The highest BCUT2D eigenvalue weighted by molar-refractivity contribution is 6.31. The van der Waals surface area contributed by atoms with E-state index in [-0.39, 0.29) is 5.82 Å². The number of hydrogen-bond donors (Lipinski definition) is 1. The first-order chi connectivity index (χ1) is 10.2. The number of benzene rings is 2. The fraction of sp³-hybridized carbons (Fsp3) is 0.294. The van der Waals surface area contributed by atoms with E-state index in [9.17, 15) is 4.39 Å². The van der Waals surface area contributed by atoms with Crippen molar-refractivity contribution >= 4 is 11.6 Å². The van der Waals surface area contributed by atoms with Crippen LogP contribution in [0.15, 0.2) is 42.5 Å². The SMILES string of the molecule is Fc1cccc(COc2cccc(Cl)c2CNC2CC2)c1. The van der Waals surface area contributed by atoms with Gasteiger partial charge >= 0.3 is 0 Å². The van der Waals surface area contributed by atoms with Gasteiger partial charge in [-0.25, -0.2) is 4.39 Å². The average molecular weight is 306 g/mol. The van der Waals surface area contributed by atoms with Crippen molar-refractivity contribution in [3.05, 3.63) is 64.4 Å². The average Bonchev–Trinajstić information content (AvgIpc) is 3.28. The Labute approximate surface area is 128 Å². The molecule has 0 bridgehead atoms. The molecule has 21 heavy (non-hydrogen) atoms. The van der Waals surface area contributed by atoms with Crippen LogP contribution in [0.25, 0.3) is 0 Å². The van der Waals surface area contributed by atoms with Crippen molar-refractivity contribution in [1.82, 2.24) is 5.32 Å². The summed E-state index contributed by atoms with van der Waals surface area (Å²) in [6, 6.07) is 12.7. The van der Waals surface area contributed by atoms with E-state index in [2.05, 4.69) is 5.32 Å². The zero-order valence-corrected chi connectivity index (χ0v) is 12.4. The van der Waals surface area contributed by atoms with Crippen molar-refractivity contribution in [2.75, 3.05) is 0 Å². The third-order valence-corrected chi connectivity index (χ3v) is 3.86. The molecule has 110 valence electrons. The molecule has 2 aromatic carbocycles. The maximum Gasteiger partial charge on any atom is 0.125 e. The van der Waals surface area contributed by atoms with Crippen LogP contribution in [0.2, 0.25) is 5.02 Å². The lowest BCUT2D eigenvalue weighted by atomic mass is 10.2. The Morgan fingerprint density at radius 3 is 2.76 bits per heavy atom. The molecule has 0 heterocycles. The van der Waals surface area contributed by atoms with Gasteiger partial charge in [-0.3, -0.25) is 0 Å². The Kier molecular flexibility index (Phi) is 4.42. The summed E-state index contributed by atoms with van der Waals surface area (Å²) >= 11 is 6.26. The minimum atomic E-state index is -0.252. The molecule has 1 aliphatic carbocycles. The third kappa shape index (κ3) is 3.96. The molecule has 4 heteroatoms. The second-order valence-corrected chi connectivity index (χ2v) is 5.70. The van der Waals surface area contributed by atoms with E-state index >= 15 is 0 Å². The van der Waals surface area contributed by atoms with Crippen molar-refractivity contribution in [2.24, 2.45) is 0 Å². The number of halogens is 2. The second kappa shape index (κ2) is 6.46. The second-order valence-electron chi connectivity index (χ2n) is 5.29. The van der Waals surface area contributed by atoms with Crippen molar-refractivity contribution in [1.29, 1.82) is 0 Å². The summed E-state index contributed by atoms with van der Waals surface area (Å²) in [7, 11) is 0. The van der Waals surface area contributed by atoms with Crippen LogP contribution in [-0.2, 0) is 13.2 Å². The van der Waals surface area contributed by atoms with E-state index in [1.54, 1.807) is 6.07 Å². The summed E-state index contributed by atoms with van der Waals surface area (Å²) in [4.78, 5) is 0. The van der Waals surface area contributed by atoms with Gasteiger partial charge in [-0.1, -0.05) is 29.8 Å². The molecule has 0 unspecified atom stereocenters. The fourth-order valence-corrected chi connectivity index (χ4v) is 2.40. The standard InChI is InChI=1S/C17H17ClFNO/c18-16-5-2-6-17(15(16)10-20-14-7-8-14)21-11-12-3-1-4-13(19)9-12/h1-6,9,14,20H,7-8,10-11H2. The normalized spacial score (nSPS) is 14.2. The number of rotatable bonds is 6. The quantitative estimate of drug-likeness (QED) is 0.858. The Morgan fingerprint density at radius 1 is 1.19 bits per heavy atom. The predicted molar refractivity (Wildman–Crippen MR) is 82.0 cm³/mol. The highest BCUT2D eigenvalue weighted by Gasteiger charge is 2.21. The van der Waals surface area contributed by atoms with Crippen molar-refractivity contribution in [3.8, 4) is 5.75 Å². The van der Waals surface area contributed by atoms with E-state index < -0.39 is 0 Å².